The van der Waals surface area contributed by atoms with Crippen molar-refractivity contribution >= 4 is 17.4 Å². The van der Waals surface area contributed by atoms with E-state index in [9.17, 15) is 0 Å². The normalized spacial score (nSPS) is 26.1. The highest BCUT2D eigenvalue weighted by atomic mass is 35.5. The quantitative estimate of drug-likeness (QED) is 0.750. The average Bonchev–Trinajstić information content (AvgIpc) is 2.29. The SMILES string of the molecule is C[C@H]1CN(c2cc(Cl)ncn2)CCN1C1COC1. The Morgan fingerprint density at radius 2 is 2.17 bits per heavy atom. The summed E-state index contributed by atoms with van der Waals surface area (Å²) in [6.45, 7) is 7.02. The van der Waals surface area contributed by atoms with Crippen molar-refractivity contribution in [1.29, 1.82) is 0 Å². The standard InChI is InChI=1S/C12H17ClN4O/c1-9-5-16(12-4-11(13)14-8-15-12)2-3-17(9)10-6-18-7-10/h4,8-10H,2-3,5-7H2,1H3/t9-/m0/s1. The van der Waals surface area contributed by atoms with Gasteiger partial charge in [-0.3, -0.25) is 4.90 Å². The third-order valence-electron chi connectivity index (χ3n) is 3.71. The van der Waals surface area contributed by atoms with E-state index in [1.165, 1.54) is 6.33 Å². The van der Waals surface area contributed by atoms with Crippen molar-refractivity contribution in [2.75, 3.05) is 37.7 Å². The van der Waals surface area contributed by atoms with Crippen LogP contribution in [0.1, 0.15) is 6.92 Å². The molecule has 6 heteroatoms. The van der Waals surface area contributed by atoms with Crippen LogP contribution in [0, 0.1) is 0 Å². The van der Waals surface area contributed by atoms with Gasteiger partial charge in [0, 0.05) is 31.7 Å². The Morgan fingerprint density at radius 3 is 2.78 bits per heavy atom. The van der Waals surface area contributed by atoms with Crippen LogP contribution in [0.2, 0.25) is 5.15 Å². The third-order valence-corrected chi connectivity index (χ3v) is 3.92. The highest BCUT2D eigenvalue weighted by Gasteiger charge is 2.33. The largest absolute Gasteiger partial charge is 0.378 e. The molecule has 3 heterocycles. The zero-order valence-electron chi connectivity index (χ0n) is 10.4. The van der Waals surface area contributed by atoms with Crippen LogP contribution in [0.3, 0.4) is 0 Å². The molecule has 0 aliphatic carbocycles. The second kappa shape index (κ2) is 4.99. The van der Waals surface area contributed by atoms with Crippen molar-refractivity contribution in [2.45, 2.75) is 19.0 Å². The zero-order valence-corrected chi connectivity index (χ0v) is 11.2. The molecule has 0 radical (unpaired) electrons. The van der Waals surface area contributed by atoms with E-state index in [0.717, 1.165) is 38.7 Å². The van der Waals surface area contributed by atoms with Crippen molar-refractivity contribution in [3.8, 4) is 0 Å². The summed E-state index contributed by atoms with van der Waals surface area (Å²) in [5.74, 6) is 0.923. The van der Waals surface area contributed by atoms with Crippen LogP contribution in [-0.2, 0) is 4.74 Å². The van der Waals surface area contributed by atoms with Crippen molar-refractivity contribution in [1.82, 2.24) is 14.9 Å². The van der Waals surface area contributed by atoms with Crippen molar-refractivity contribution < 1.29 is 4.74 Å². The Morgan fingerprint density at radius 1 is 1.33 bits per heavy atom. The molecule has 0 bridgehead atoms. The van der Waals surface area contributed by atoms with Gasteiger partial charge in [-0.2, -0.15) is 0 Å². The summed E-state index contributed by atoms with van der Waals surface area (Å²) in [7, 11) is 0. The topological polar surface area (TPSA) is 41.5 Å². The van der Waals surface area contributed by atoms with Gasteiger partial charge in [0.25, 0.3) is 0 Å². The second-order valence-electron chi connectivity index (χ2n) is 4.92. The zero-order chi connectivity index (χ0) is 12.5. The molecule has 3 rings (SSSR count). The van der Waals surface area contributed by atoms with Crippen LogP contribution < -0.4 is 4.90 Å². The molecule has 0 saturated carbocycles. The van der Waals surface area contributed by atoms with Gasteiger partial charge in [-0.25, -0.2) is 9.97 Å². The van der Waals surface area contributed by atoms with Gasteiger partial charge in [0.1, 0.15) is 17.3 Å². The van der Waals surface area contributed by atoms with Gasteiger partial charge in [0.05, 0.1) is 19.3 Å². The van der Waals surface area contributed by atoms with Gasteiger partial charge in [-0.15, -0.1) is 0 Å². The van der Waals surface area contributed by atoms with Gasteiger partial charge in [-0.1, -0.05) is 11.6 Å². The average molecular weight is 269 g/mol. The minimum Gasteiger partial charge on any atom is -0.378 e. The predicted molar refractivity (Wildman–Crippen MR) is 70.0 cm³/mol. The molecule has 0 spiro atoms. The maximum absolute atomic E-state index is 5.91. The molecule has 0 amide bonds. The molecule has 1 aromatic heterocycles. The number of piperazine rings is 1. The Balaban J connectivity index is 1.67. The Hall–Kier alpha value is -0.910. The van der Waals surface area contributed by atoms with E-state index in [1.807, 2.05) is 6.07 Å². The molecular formula is C12H17ClN4O. The van der Waals surface area contributed by atoms with Crippen LogP contribution in [0.5, 0.6) is 0 Å². The predicted octanol–water partition coefficient (Wildman–Crippen LogP) is 1.04. The Bertz CT molecular complexity index is 426. The number of nitrogens with zero attached hydrogens (tertiary/aromatic N) is 4. The first-order chi connectivity index (χ1) is 8.74. The molecule has 18 heavy (non-hydrogen) atoms. The molecule has 2 aliphatic heterocycles. The first-order valence-electron chi connectivity index (χ1n) is 6.30. The minimum absolute atomic E-state index is 0.502. The van der Waals surface area contributed by atoms with Crippen molar-refractivity contribution in [3.63, 3.8) is 0 Å². The van der Waals surface area contributed by atoms with Gasteiger partial charge in [-0.05, 0) is 6.92 Å². The van der Waals surface area contributed by atoms with E-state index in [1.54, 1.807) is 0 Å². The van der Waals surface area contributed by atoms with E-state index in [4.69, 9.17) is 16.3 Å². The van der Waals surface area contributed by atoms with Crippen LogP contribution in [0.15, 0.2) is 12.4 Å². The second-order valence-corrected chi connectivity index (χ2v) is 5.31. The lowest BCUT2D eigenvalue weighted by molar-refractivity contribution is -0.0793. The van der Waals surface area contributed by atoms with Crippen LogP contribution in [0.4, 0.5) is 5.82 Å². The Kier molecular flexibility index (Phi) is 3.37. The lowest BCUT2D eigenvalue weighted by Crippen LogP contribution is -2.60. The van der Waals surface area contributed by atoms with Gasteiger partial charge < -0.3 is 9.64 Å². The van der Waals surface area contributed by atoms with E-state index in [2.05, 4.69) is 26.7 Å². The van der Waals surface area contributed by atoms with Crippen molar-refractivity contribution in [3.05, 3.63) is 17.5 Å². The fourth-order valence-electron chi connectivity index (χ4n) is 2.63. The number of hydrogen-bond donors (Lipinski definition) is 0. The lowest BCUT2D eigenvalue weighted by Gasteiger charge is -2.46. The number of ether oxygens (including phenoxy) is 1. The number of halogens is 1. The maximum atomic E-state index is 5.91. The van der Waals surface area contributed by atoms with Crippen LogP contribution in [-0.4, -0.2) is 59.8 Å². The van der Waals surface area contributed by atoms with Crippen molar-refractivity contribution in [2.24, 2.45) is 0 Å². The molecule has 2 aliphatic rings. The molecule has 0 N–H and O–H groups in total. The fraction of sp³-hybridized carbons (Fsp3) is 0.667. The van der Waals surface area contributed by atoms with E-state index in [0.29, 0.717) is 17.2 Å². The van der Waals surface area contributed by atoms with E-state index in [-0.39, 0.29) is 0 Å². The molecule has 1 aromatic rings. The summed E-state index contributed by atoms with van der Waals surface area (Å²) in [6.07, 6.45) is 1.52. The number of anilines is 1. The highest BCUT2D eigenvalue weighted by Crippen LogP contribution is 2.22. The first kappa shape index (κ1) is 12.1. The summed E-state index contributed by atoms with van der Waals surface area (Å²) in [6, 6.07) is 2.95. The molecule has 2 saturated heterocycles. The summed E-state index contributed by atoms with van der Waals surface area (Å²) in [5.41, 5.74) is 0. The maximum Gasteiger partial charge on any atom is 0.134 e. The van der Waals surface area contributed by atoms with Gasteiger partial charge >= 0.3 is 0 Å². The number of hydrogen-bond acceptors (Lipinski definition) is 5. The van der Waals surface area contributed by atoms with Crippen LogP contribution >= 0.6 is 11.6 Å². The van der Waals surface area contributed by atoms with E-state index < -0.39 is 0 Å². The van der Waals surface area contributed by atoms with Crippen LogP contribution in [0.25, 0.3) is 0 Å². The molecule has 0 unspecified atom stereocenters. The highest BCUT2D eigenvalue weighted by molar-refractivity contribution is 6.29. The molecular weight excluding hydrogens is 252 g/mol. The number of aromatic nitrogens is 2. The fourth-order valence-corrected chi connectivity index (χ4v) is 2.78. The molecule has 2 fully saturated rings. The minimum atomic E-state index is 0.502. The monoisotopic (exact) mass is 268 g/mol. The van der Waals surface area contributed by atoms with E-state index >= 15 is 0 Å². The lowest BCUT2D eigenvalue weighted by atomic mass is 10.1. The molecule has 98 valence electrons. The van der Waals surface area contributed by atoms with Gasteiger partial charge in [0.15, 0.2) is 0 Å². The molecule has 0 aromatic carbocycles. The van der Waals surface area contributed by atoms with Gasteiger partial charge in [0.2, 0.25) is 0 Å². The molecule has 1 atom stereocenters. The number of rotatable bonds is 2. The summed E-state index contributed by atoms with van der Waals surface area (Å²) >= 11 is 5.91. The smallest absolute Gasteiger partial charge is 0.134 e. The molecule has 5 nitrogen and oxygen atoms in total. The summed E-state index contributed by atoms with van der Waals surface area (Å²) < 4.78 is 5.27. The summed E-state index contributed by atoms with van der Waals surface area (Å²) in [4.78, 5) is 13.0. The summed E-state index contributed by atoms with van der Waals surface area (Å²) in [5, 5.41) is 0.502. The third kappa shape index (κ3) is 2.30. The Labute approximate surface area is 112 Å². The first-order valence-corrected chi connectivity index (χ1v) is 6.68.